The number of hydrogen-bond donors (Lipinski definition) is 2. The number of imidazole rings is 1. The minimum atomic E-state index is -4.91. The fourth-order valence-corrected chi connectivity index (χ4v) is 4.14. The smallest absolute Gasteiger partial charge is 0.387 e. The number of anilines is 1. The van der Waals surface area contributed by atoms with Gasteiger partial charge >= 0.3 is 6.18 Å². The third kappa shape index (κ3) is 4.59. The van der Waals surface area contributed by atoms with Crippen LogP contribution in [0.1, 0.15) is 34.6 Å². The zero-order chi connectivity index (χ0) is 27.0. The van der Waals surface area contributed by atoms with E-state index < -0.39 is 40.7 Å². The molecule has 0 bridgehead atoms. The Morgan fingerprint density at radius 2 is 1.71 bits per heavy atom. The Morgan fingerprint density at radius 1 is 1.00 bits per heavy atom. The van der Waals surface area contributed by atoms with E-state index in [0.717, 1.165) is 6.07 Å². The Kier molecular flexibility index (Phi) is 6.37. The Hall–Kier alpha value is -4.64. The summed E-state index contributed by atoms with van der Waals surface area (Å²) in [6.07, 6.45) is -0.187. The van der Waals surface area contributed by atoms with Crippen molar-refractivity contribution in [2.45, 2.75) is 19.2 Å². The highest BCUT2D eigenvalue weighted by Crippen LogP contribution is 2.38. The molecule has 0 radical (unpaired) electrons. The van der Waals surface area contributed by atoms with Gasteiger partial charge in [-0.2, -0.15) is 13.2 Å². The number of nitrogens with zero attached hydrogens (tertiary/aromatic N) is 4. The van der Waals surface area contributed by atoms with E-state index >= 15 is 4.39 Å². The zero-order valence-corrected chi connectivity index (χ0v) is 19.7. The number of alkyl halides is 3. The zero-order valence-electron chi connectivity index (χ0n) is 19.7. The first-order valence-electron chi connectivity index (χ1n) is 11.4. The Balaban J connectivity index is 1.66. The van der Waals surface area contributed by atoms with Crippen molar-refractivity contribution >= 4 is 17.2 Å². The number of aliphatic hydroxyl groups is 1. The highest BCUT2D eigenvalue weighted by Gasteiger charge is 2.36. The van der Waals surface area contributed by atoms with Crippen LogP contribution in [0.2, 0.25) is 0 Å². The topological polar surface area (TPSA) is 92.4 Å². The van der Waals surface area contributed by atoms with Crippen LogP contribution in [0.3, 0.4) is 0 Å². The first kappa shape index (κ1) is 25.0. The summed E-state index contributed by atoms with van der Waals surface area (Å²) in [7, 11) is 0. The molecule has 2 N–H and O–H groups in total. The van der Waals surface area contributed by atoms with Crippen molar-refractivity contribution in [3.63, 3.8) is 0 Å². The third-order valence-electron chi connectivity index (χ3n) is 5.92. The van der Waals surface area contributed by atoms with Crippen LogP contribution in [0.4, 0.5) is 23.2 Å². The van der Waals surface area contributed by atoms with E-state index in [1.807, 2.05) is 6.07 Å². The van der Waals surface area contributed by atoms with Gasteiger partial charge in [-0.15, -0.1) is 0 Å². The molecular weight excluding hydrogens is 502 g/mol. The van der Waals surface area contributed by atoms with Crippen molar-refractivity contribution in [1.82, 2.24) is 19.4 Å². The average Bonchev–Trinajstić information content (AvgIpc) is 3.34. The molecule has 192 valence electrons. The van der Waals surface area contributed by atoms with Crippen molar-refractivity contribution in [2.75, 3.05) is 5.32 Å². The normalized spacial score (nSPS) is 12.5. The van der Waals surface area contributed by atoms with Crippen LogP contribution in [0.15, 0.2) is 79.4 Å². The largest absolute Gasteiger partial charge is 0.417 e. The number of aliphatic hydroxyl groups excluding tert-OH is 1. The van der Waals surface area contributed by atoms with E-state index in [1.165, 1.54) is 24.7 Å². The molecule has 1 atom stereocenters. The summed E-state index contributed by atoms with van der Waals surface area (Å²) in [6.45, 7) is 1.55. The van der Waals surface area contributed by atoms with Crippen LogP contribution in [0.5, 0.6) is 0 Å². The van der Waals surface area contributed by atoms with Crippen LogP contribution in [-0.2, 0) is 6.18 Å². The fourth-order valence-electron chi connectivity index (χ4n) is 4.14. The van der Waals surface area contributed by atoms with Crippen LogP contribution >= 0.6 is 0 Å². The fraction of sp³-hybridized carbons (Fsp3) is 0.111. The maximum absolute atomic E-state index is 15.0. The molecule has 0 saturated carbocycles. The number of halogens is 4. The second-order valence-electron chi connectivity index (χ2n) is 8.43. The molecule has 1 amide bonds. The summed E-state index contributed by atoms with van der Waals surface area (Å²) in [5.41, 5.74) is -0.348. The molecule has 0 unspecified atom stereocenters. The average molecular weight is 521 g/mol. The van der Waals surface area contributed by atoms with Gasteiger partial charge in [0.05, 0.1) is 34.8 Å². The van der Waals surface area contributed by atoms with Crippen LogP contribution in [0, 0.1) is 5.82 Å². The number of carbonyl (C=O) groups excluding carboxylic acids is 1. The first-order chi connectivity index (χ1) is 18.1. The molecule has 2 aromatic carbocycles. The van der Waals surface area contributed by atoms with Crippen molar-refractivity contribution in [2.24, 2.45) is 0 Å². The lowest BCUT2D eigenvalue weighted by molar-refractivity contribution is -0.137. The van der Waals surface area contributed by atoms with Gasteiger partial charge in [0.1, 0.15) is 5.82 Å². The molecule has 3 aromatic heterocycles. The van der Waals surface area contributed by atoms with E-state index in [0.29, 0.717) is 16.8 Å². The predicted octanol–water partition coefficient (Wildman–Crippen LogP) is 5.92. The predicted molar refractivity (Wildman–Crippen MR) is 132 cm³/mol. The van der Waals surface area contributed by atoms with Gasteiger partial charge < -0.3 is 10.4 Å². The summed E-state index contributed by atoms with van der Waals surface area (Å²) >= 11 is 0. The van der Waals surface area contributed by atoms with Gasteiger partial charge in [-0.05, 0) is 36.8 Å². The van der Waals surface area contributed by atoms with Gasteiger partial charge in [0.2, 0.25) is 0 Å². The molecule has 11 heteroatoms. The number of benzene rings is 2. The van der Waals surface area contributed by atoms with Gasteiger partial charge in [-0.25, -0.2) is 19.3 Å². The molecule has 0 aliphatic carbocycles. The third-order valence-corrected chi connectivity index (χ3v) is 5.92. The minimum absolute atomic E-state index is 0.187. The molecule has 0 aliphatic rings. The molecule has 0 spiro atoms. The second kappa shape index (κ2) is 9.67. The number of fused-ring (bicyclic) bond motifs is 1. The molecule has 5 rings (SSSR count). The van der Waals surface area contributed by atoms with Crippen molar-refractivity contribution in [3.8, 4) is 22.5 Å². The minimum Gasteiger partial charge on any atom is -0.387 e. The van der Waals surface area contributed by atoms with E-state index in [9.17, 15) is 23.1 Å². The Morgan fingerprint density at radius 3 is 2.37 bits per heavy atom. The lowest BCUT2D eigenvalue weighted by Crippen LogP contribution is -2.18. The maximum Gasteiger partial charge on any atom is 0.417 e. The SMILES string of the molecule is C[C@H](O)c1cnc2c(NC(=O)c3cc(-c4ncccn4)c(C(F)(F)F)cc3F)c(-c3ccccc3)ccn12. The number of carbonyl (C=O) groups is 1. The van der Waals surface area contributed by atoms with Gasteiger partial charge in [0.25, 0.3) is 5.91 Å². The van der Waals surface area contributed by atoms with Gasteiger partial charge in [-0.3, -0.25) is 9.20 Å². The standard InChI is InChI=1S/C27H19F4N5O2/c1-15(37)22-14-34-25-23(17(8-11-36(22)25)16-6-3-2-4-7-16)35-26(38)19-12-18(24-32-9-5-10-33-24)20(13-21(19)28)27(29,30)31/h2-15,37H,1H3,(H,35,38)/t15-/m0/s1. The molecule has 5 aromatic rings. The summed E-state index contributed by atoms with van der Waals surface area (Å²) in [5.74, 6) is -2.67. The number of rotatable bonds is 5. The number of amides is 1. The first-order valence-corrected chi connectivity index (χ1v) is 11.4. The molecule has 0 aliphatic heterocycles. The quantitative estimate of drug-likeness (QED) is 0.280. The monoisotopic (exact) mass is 521 g/mol. The van der Waals surface area contributed by atoms with E-state index in [-0.39, 0.29) is 23.2 Å². The van der Waals surface area contributed by atoms with Gasteiger partial charge in [-0.1, -0.05) is 30.3 Å². The van der Waals surface area contributed by atoms with E-state index in [1.54, 1.807) is 47.9 Å². The number of pyridine rings is 1. The number of hydrogen-bond acceptors (Lipinski definition) is 5. The lowest BCUT2D eigenvalue weighted by Gasteiger charge is -2.16. The van der Waals surface area contributed by atoms with E-state index in [4.69, 9.17) is 0 Å². The Labute approximate surface area is 213 Å². The highest BCUT2D eigenvalue weighted by molar-refractivity contribution is 6.09. The molecule has 7 nitrogen and oxygen atoms in total. The maximum atomic E-state index is 15.0. The van der Waals surface area contributed by atoms with Gasteiger partial charge in [0.15, 0.2) is 11.5 Å². The van der Waals surface area contributed by atoms with E-state index in [2.05, 4.69) is 20.3 Å². The molecule has 3 heterocycles. The van der Waals surface area contributed by atoms with Crippen LogP contribution in [0.25, 0.3) is 28.2 Å². The summed E-state index contributed by atoms with van der Waals surface area (Å²) in [4.78, 5) is 25.4. The summed E-state index contributed by atoms with van der Waals surface area (Å²) < 4.78 is 57.8. The number of nitrogens with one attached hydrogen (secondary N) is 1. The lowest BCUT2D eigenvalue weighted by atomic mass is 10.0. The molecule has 38 heavy (non-hydrogen) atoms. The van der Waals surface area contributed by atoms with Crippen LogP contribution in [-0.4, -0.2) is 30.4 Å². The Bertz CT molecular complexity index is 1630. The highest BCUT2D eigenvalue weighted by atomic mass is 19.4. The van der Waals surface area contributed by atoms with Gasteiger partial charge in [0, 0.05) is 29.7 Å². The number of aromatic nitrogens is 4. The molecular formula is C27H19F4N5O2. The van der Waals surface area contributed by atoms with Crippen molar-refractivity contribution in [1.29, 1.82) is 0 Å². The van der Waals surface area contributed by atoms with Crippen molar-refractivity contribution < 1.29 is 27.5 Å². The summed E-state index contributed by atoms with van der Waals surface area (Å²) in [5, 5.41) is 12.7. The second-order valence-corrected chi connectivity index (χ2v) is 8.43. The summed E-state index contributed by atoms with van der Waals surface area (Å²) in [6, 6.07) is 13.2. The molecule has 0 saturated heterocycles. The van der Waals surface area contributed by atoms with Crippen molar-refractivity contribution in [3.05, 3.63) is 102 Å². The van der Waals surface area contributed by atoms with Crippen LogP contribution < -0.4 is 5.32 Å². The molecule has 0 fully saturated rings.